The lowest BCUT2D eigenvalue weighted by molar-refractivity contribution is -0.251. The molecule has 1 saturated heterocycles. The van der Waals surface area contributed by atoms with E-state index in [1.54, 1.807) is 30.3 Å². The van der Waals surface area contributed by atoms with E-state index in [4.69, 9.17) is 9.26 Å². The number of hydrogen-bond acceptors (Lipinski definition) is 12. The molecule has 7 rings (SSSR count). The first kappa shape index (κ1) is 27.0. The Morgan fingerprint density at radius 3 is 2.44 bits per heavy atom. The molecule has 0 aliphatic carbocycles. The maximum atomic E-state index is 13.9. The van der Waals surface area contributed by atoms with E-state index < -0.39 is 42.8 Å². The molecule has 43 heavy (non-hydrogen) atoms. The zero-order chi connectivity index (χ0) is 29.7. The molecule has 0 saturated carbocycles. The van der Waals surface area contributed by atoms with Gasteiger partial charge in [0, 0.05) is 11.1 Å². The molecule has 14 nitrogen and oxygen atoms in total. The van der Waals surface area contributed by atoms with E-state index in [0.29, 0.717) is 11.4 Å². The molecule has 3 aromatic heterocycles. The summed E-state index contributed by atoms with van der Waals surface area (Å²) in [7, 11) is 0. The molecule has 0 unspecified atom stereocenters. The zero-order valence-electron chi connectivity index (χ0n) is 22.4. The lowest BCUT2D eigenvalue weighted by atomic mass is 9.98. The van der Waals surface area contributed by atoms with Gasteiger partial charge in [0.1, 0.15) is 36.8 Å². The number of ether oxygens (including phenoxy) is 1. The molecule has 218 valence electrons. The van der Waals surface area contributed by atoms with E-state index >= 15 is 0 Å². The average Bonchev–Trinajstić information content (AvgIpc) is 3.68. The summed E-state index contributed by atoms with van der Waals surface area (Å²) in [4.78, 5) is 23.1. The van der Waals surface area contributed by atoms with Crippen LogP contribution >= 0.6 is 0 Å². The molecule has 4 N–H and O–H groups in total. The Labute approximate surface area is 242 Å². The van der Waals surface area contributed by atoms with Gasteiger partial charge in [-0.05, 0) is 10.8 Å². The number of aliphatic hydroxyl groups is 4. The van der Waals surface area contributed by atoms with Gasteiger partial charge in [0.05, 0.1) is 6.61 Å². The first-order chi connectivity index (χ1) is 20.9. The summed E-state index contributed by atoms with van der Waals surface area (Å²) in [6, 6.07) is 22.3. The highest BCUT2D eigenvalue weighted by Crippen LogP contribution is 2.31. The average molecular weight is 584 g/mol. The minimum Gasteiger partial charge on any atom is -0.394 e. The predicted molar refractivity (Wildman–Crippen MR) is 150 cm³/mol. The van der Waals surface area contributed by atoms with Crippen molar-refractivity contribution in [3.05, 3.63) is 89.0 Å². The van der Waals surface area contributed by atoms with Gasteiger partial charge in [-0.1, -0.05) is 83.2 Å². The summed E-state index contributed by atoms with van der Waals surface area (Å²) in [5, 5.41) is 55.5. The Morgan fingerprint density at radius 2 is 1.63 bits per heavy atom. The van der Waals surface area contributed by atoms with Crippen LogP contribution in [0.25, 0.3) is 44.7 Å². The van der Waals surface area contributed by atoms with Gasteiger partial charge in [-0.15, -0.1) is 5.10 Å². The Morgan fingerprint density at radius 1 is 0.860 bits per heavy atom. The molecule has 1 aliphatic rings. The van der Waals surface area contributed by atoms with Crippen molar-refractivity contribution in [2.45, 2.75) is 37.2 Å². The third kappa shape index (κ3) is 4.57. The lowest BCUT2D eigenvalue weighted by Crippen LogP contribution is -2.57. The highest BCUT2D eigenvalue weighted by atomic mass is 16.6. The molecule has 1 aliphatic heterocycles. The van der Waals surface area contributed by atoms with E-state index in [1.165, 1.54) is 4.68 Å². The fourth-order valence-corrected chi connectivity index (χ4v) is 5.33. The van der Waals surface area contributed by atoms with Crippen LogP contribution in [0.4, 0.5) is 0 Å². The molecule has 0 bridgehead atoms. The van der Waals surface area contributed by atoms with Crippen molar-refractivity contribution in [1.82, 2.24) is 34.7 Å². The SMILES string of the molecule is O=c1c2nnn(Cc3nc(-c4cccc5ccccc45)no3)c2nc(-c2ccccc2)n1[C@@H]1O[C@H](CO)[C@@H](O)[C@H](O)[C@H]1O. The van der Waals surface area contributed by atoms with Crippen molar-refractivity contribution >= 4 is 21.9 Å². The normalized spacial score (nSPS) is 22.4. The van der Waals surface area contributed by atoms with E-state index in [-0.39, 0.29) is 29.4 Å². The molecule has 6 aromatic rings. The first-order valence-corrected chi connectivity index (χ1v) is 13.5. The fraction of sp³-hybridized carbons (Fsp3) is 0.241. The van der Waals surface area contributed by atoms with Crippen LogP contribution in [0.3, 0.4) is 0 Å². The summed E-state index contributed by atoms with van der Waals surface area (Å²) < 4.78 is 13.6. The number of aromatic nitrogens is 7. The van der Waals surface area contributed by atoms with Gasteiger partial charge in [-0.25, -0.2) is 9.67 Å². The van der Waals surface area contributed by atoms with E-state index in [0.717, 1.165) is 20.9 Å². The first-order valence-electron chi connectivity index (χ1n) is 13.5. The molecule has 0 amide bonds. The van der Waals surface area contributed by atoms with Crippen LogP contribution in [-0.2, 0) is 11.3 Å². The van der Waals surface area contributed by atoms with Crippen molar-refractivity contribution < 1.29 is 29.7 Å². The van der Waals surface area contributed by atoms with Gasteiger partial charge in [0.2, 0.25) is 11.7 Å². The second-order valence-electron chi connectivity index (χ2n) is 10.2. The van der Waals surface area contributed by atoms with Gasteiger partial charge in [-0.2, -0.15) is 4.98 Å². The number of fused-ring (bicyclic) bond motifs is 2. The van der Waals surface area contributed by atoms with Crippen molar-refractivity contribution in [3.63, 3.8) is 0 Å². The van der Waals surface area contributed by atoms with Gasteiger partial charge >= 0.3 is 0 Å². The van der Waals surface area contributed by atoms with Crippen molar-refractivity contribution in [2.75, 3.05) is 6.61 Å². The molecular formula is C29H25N7O7. The van der Waals surface area contributed by atoms with Gasteiger partial charge in [0.25, 0.3) is 5.56 Å². The standard InChI is InChI=1S/C29H25N7O7/c37-14-19-22(38)23(39)24(40)29(42-19)36-26(16-8-2-1-3-9-16)31-27-21(28(36)41)32-34-35(27)13-20-30-25(33-43-20)18-12-6-10-15-7-4-5-11-17(15)18/h1-12,19,22-24,29,37-40H,13-14H2/t19-,22-,23+,24-,29-/m1/s1. The topological polar surface area (TPSA) is 195 Å². The van der Waals surface area contributed by atoms with Crippen LogP contribution in [-0.4, -0.2) is 86.1 Å². The monoisotopic (exact) mass is 583 g/mol. The minimum atomic E-state index is -1.72. The number of rotatable bonds is 6. The van der Waals surface area contributed by atoms with Crippen LogP contribution in [0.15, 0.2) is 82.1 Å². The molecular weight excluding hydrogens is 558 g/mol. The lowest BCUT2D eigenvalue weighted by Gasteiger charge is -2.40. The number of hydrogen-bond donors (Lipinski definition) is 4. The van der Waals surface area contributed by atoms with Crippen molar-refractivity contribution in [1.29, 1.82) is 0 Å². The highest BCUT2D eigenvalue weighted by Gasteiger charge is 2.45. The van der Waals surface area contributed by atoms with E-state index in [2.05, 4.69) is 25.4 Å². The molecule has 0 radical (unpaired) electrons. The third-order valence-electron chi connectivity index (χ3n) is 7.51. The number of nitrogens with zero attached hydrogens (tertiary/aromatic N) is 7. The molecule has 4 heterocycles. The minimum absolute atomic E-state index is 0.0427. The predicted octanol–water partition coefficient (Wildman–Crippen LogP) is 0.879. The Kier molecular flexibility index (Phi) is 6.76. The Bertz CT molecular complexity index is 1980. The fourth-order valence-electron chi connectivity index (χ4n) is 5.33. The maximum Gasteiger partial charge on any atom is 0.286 e. The molecule has 3 aromatic carbocycles. The summed E-state index contributed by atoms with van der Waals surface area (Å²) in [6.07, 6.45) is -7.76. The number of benzene rings is 3. The molecule has 1 fully saturated rings. The van der Waals surface area contributed by atoms with Crippen molar-refractivity contribution in [2.24, 2.45) is 0 Å². The third-order valence-corrected chi connectivity index (χ3v) is 7.51. The highest BCUT2D eigenvalue weighted by molar-refractivity contribution is 5.94. The van der Waals surface area contributed by atoms with Crippen molar-refractivity contribution in [3.8, 4) is 22.8 Å². The zero-order valence-corrected chi connectivity index (χ0v) is 22.4. The van der Waals surface area contributed by atoms with Crippen LogP contribution in [0.2, 0.25) is 0 Å². The summed E-state index contributed by atoms with van der Waals surface area (Å²) >= 11 is 0. The second-order valence-corrected chi connectivity index (χ2v) is 10.2. The van der Waals surface area contributed by atoms with Crippen LogP contribution in [0.5, 0.6) is 0 Å². The van der Waals surface area contributed by atoms with Gasteiger partial charge in [-0.3, -0.25) is 9.36 Å². The summed E-state index contributed by atoms with van der Waals surface area (Å²) in [6.45, 7) is -0.702. The summed E-state index contributed by atoms with van der Waals surface area (Å²) in [5.74, 6) is 0.669. The van der Waals surface area contributed by atoms with Gasteiger partial charge < -0.3 is 29.7 Å². The maximum absolute atomic E-state index is 13.9. The van der Waals surface area contributed by atoms with Crippen LogP contribution in [0, 0.1) is 0 Å². The Balaban J connectivity index is 1.31. The second kappa shape index (κ2) is 10.8. The Hall–Kier alpha value is -4.86. The van der Waals surface area contributed by atoms with E-state index in [1.807, 2.05) is 42.5 Å². The number of aliphatic hydroxyl groups excluding tert-OH is 4. The largest absolute Gasteiger partial charge is 0.394 e. The smallest absolute Gasteiger partial charge is 0.286 e. The molecule has 14 heteroatoms. The van der Waals surface area contributed by atoms with E-state index in [9.17, 15) is 25.2 Å². The molecule has 5 atom stereocenters. The quantitative estimate of drug-likeness (QED) is 0.216. The molecule has 0 spiro atoms. The van der Waals surface area contributed by atoms with Gasteiger partial charge in [0.15, 0.2) is 17.4 Å². The van der Waals surface area contributed by atoms with Crippen LogP contribution < -0.4 is 5.56 Å². The van der Waals surface area contributed by atoms with Crippen LogP contribution in [0.1, 0.15) is 12.1 Å². The summed E-state index contributed by atoms with van der Waals surface area (Å²) in [5.41, 5.74) is 0.520.